The van der Waals surface area contributed by atoms with Crippen LogP contribution in [0.1, 0.15) is 34.9 Å². The Morgan fingerprint density at radius 1 is 1.04 bits per heavy atom. The van der Waals surface area contributed by atoms with Gasteiger partial charge in [0, 0.05) is 49.4 Å². The molecule has 1 fully saturated rings. The zero-order valence-electron chi connectivity index (χ0n) is 14.6. The van der Waals surface area contributed by atoms with Gasteiger partial charge in [0.25, 0.3) is 5.91 Å². The molecule has 1 saturated heterocycles. The second-order valence-corrected chi connectivity index (χ2v) is 6.48. The first-order valence-electron chi connectivity index (χ1n) is 8.84. The average molecular weight is 363 g/mol. The monoisotopic (exact) mass is 363 g/mol. The minimum Gasteiger partial charge on any atom is -0.337 e. The molecule has 6 nitrogen and oxygen atoms in total. The molecule has 27 heavy (non-hydrogen) atoms. The minimum atomic E-state index is -0.289. The first kappa shape index (κ1) is 17.2. The van der Waals surface area contributed by atoms with Crippen molar-refractivity contribution in [2.45, 2.75) is 18.8 Å². The fraction of sp³-hybridized carbons (Fsp3) is 0.250. The molecule has 0 aliphatic carbocycles. The quantitative estimate of drug-likeness (QED) is 0.715. The van der Waals surface area contributed by atoms with E-state index in [1.807, 2.05) is 0 Å². The summed E-state index contributed by atoms with van der Waals surface area (Å²) in [7, 11) is 0. The number of amides is 1. The molecule has 0 saturated carbocycles. The van der Waals surface area contributed by atoms with Gasteiger partial charge in [0.05, 0.1) is 17.6 Å². The molecule has 7 heteroatoms. The molecule has 1 aliphatic heterocycles. The third kappa shape index (κ3) is 3.67. The van der Waals surface area contributed by atoms with Crippen molar-refractivity contribution < 1.29 is 9.18 Å². The summed E-state index contributed by atoms with van der Waals surface area (Å²) in [5.41, 5.74) is 2.73. The van der Waals surface area contributed by atoms with E-state index in [2.05, 4.69) is 19.9 Å². The van der Waals surface area contributed by atoms with E-state index >= 15 is 0 Å². The van der Waals surface area contributed by atoms with Crippen molar-refractivity contribution in [3.63, 3.8) is 0 Å². The number of hydrogen-bond acceptors (Lipinski definition) is 5. The number of hydrogen-bond donors (Lipinski definition) is 0. The zero-order chi connectivity index (χ0) is 18.6. The lowest BCUT2D eigenvalue weighted by molar-refractivity contribution is 0.0699. The van der Waals surface area contributed by atoms with Gasteiger partial charge in [-0.05, 0) is 37.1 Å². The minimum absolute atomic E-state index is 0.0631. The standard InChI is InChI=1S/C20H18FN5O/c21-16-5-3-14(4-6-16)18-19(25-10-9-24-18)15-2-1-11-26(13-15)20(27)17-12-22-7-8-23-17/h3-10,12,15H,1-2,11,13H2/t15-/m1/s1. The smallest absolute Gasteiger partial charge is 0.274 e. The third-order valence-corrected chi connectivity index (χ3v) is 4.72. The Morgan fingerprint density at radius 3 is 2.59 bits per heavy atom. The van der Waals surface area contributed by atoms with Crippen LogP contribution in [0.5, 0.6) is 0 Å². The lowest BCUT2D eigenvalue weighted by Crippen LogP contribution is -2.39. The van der Waals surface area contributed by atoms with Crippen molar-refractivity contribution in [1.82, 2.24) is 24.8 Å². The van der Waals surface area contributed by atoms with Gasteiger partial charge in [-0.25, -0.2) is 9.37 Å². The highest BCUT2D eigenvalue weighted by Gasteiger charge is 2.29. The molecule has 1 aromatic carbocycles. The van der Waals surface area contributed by atoms with Crippen LogP contribution in [0.4, 0.5) is 4.39 Å². The highest BCUT2D eigenvalue weighted by molar-refractivity contribution is 5.92. The molecule has 2 aromatic heterocycles. The Bertz CT molecular complexity index is 933. The fourth-order valence-electron chi connectivity index (χ4n) is 3.43. The van der Waals surface area contributed by atoms with Gasteiger partial charge in [-0.2, -0.15) is 0 Å². The second kappa shape index (κ2) is 7.57. The Kier molecular flexibility index (Phi) is 4.82. The number of piperidine rings is 1. The van der Waals surface area contributed by atoms with Gasteiger partial charge in [-0.3, -0.25) is 19.7 Å². The van der Waals surface area contributed by atoms with Crippen molar-refractivity contribution in [3.8, 4) is 11.3 Å². The first-order valence-corrected chi connectivity index (χ1v) is 8.84. The number of likely N-dealkylation sites (tertiary alicyclic amines) is 1. The molecule has 3 heterocycles. The van der Waals surface area contributed by atoms with E-state index < -0.39 is 0 Å². The van der Waals surface area contributed by atoms with Gasteiger partial charge in [-0.15, -0.1) is 0 Å². The SMILES string of the molecule is O=C(c1cnccn1)N1CCC[C@@H](c2nccnc2-c2ccc(F)cc2)C1. The number of rotatable bonds is 3. The summed E-state index contributed by atoms with van der Waals surface area (Å²) in [4.78, 5) is 31.6. The van der Waals surface area contributed by atoms with Crippen molar-refractivity contribution >= 4 is 5.91 Å². The van der Waals surface area contributed by atoms with Gasteiger partial charge in [0.1, 0.15) is 11.5 Å². The maximum atomic E-state index is 13.3. The number of aromatic nitrogens is 4. The van der Waals surface area contributed by atoms with Crippen LogP contribution in [0.3, 0.4) is 0 Å². The van der Waals surface area contributed by atoms with E-state index in [1.165, 1.54) is 24.5 Å². The Hall–Kier alpha value is -3.22. The van der Waals surface area contributed by atoms with E-state index in [-0.39, 0.29) is 17.6 Å². The third-order valence-electron chi connectivity index (χ3n) is 4.72. The normalized spacial score (nSPS) is 16.9. The van der Waals surface area contributed by atoms with Crippen LogP contribution in [0.25, 0.3) is 11.3 Å². The zero-order valence-corrected chi connectivity index (χ0v) is 14.6. The average Bonchev–Trinajstić information content (AvgIpc) is 2.74. The topological polar surface area (TPSA) is 71.9 Å². The number of benzene rings is 1. The van der Waals surface area contributed by atoms with Gasteiger partial charge >= 0.3 is 0 Å². The first-order chi connectivity index (χ1) is 13.2. The summed E-state index contributed by atoms with van der Waals surface area (Å²) >= 11 is 0. The van der Waals surface area contributed by atoms with Crippen molar-refractivity contribution in [2.75, 3.05) is 13.1 Å². The van der Waals surface area contributed by atoms with Gasteiger partial charge < -0.3 is 4.90 Å². The Labute approximate surface area is 156 Å². The molecule has 0 spiro atoms. The number of carbonyl (C=O) groups is 1. The predicted molar refractivity (Wildman–Crippen MR) is 97.3 cm³/mol. The molecule has 1 aliphatic rings. The molecule has 4 rings (SSSR count). The van der Waals surface area contributed by atoms with Crippen LogP contribution >= 0.6 is 0 Å². The van der Waals surface area contributed by atoms with Gasteiger partial charge in [-0.1, -0.05) is 0 Å². The Morgan fingerprint density at radius 2 is 1.81 bits per heavy atom. The van der Waals surface area contributed by atoms with E-state index in [4.69, 9.17) is 0 Å². The molecule has 0 N–H and O–H groups in total. The van der Waals surface area contributed by atoms with Crippen LogP contribution < -0.4 is 0 Å². The second-order valence-electron chi connectivity index (χ2n) is 6.48. The molecule has 136 valence electrons. The molecule has 0 bridgehead atoms. The van der Waals surface area contributed by atoms with Crippen molar-refractivity contribution in [3.05, 3.63) is 72.5 Å². The Balaban J connectivity index is 1.60. The highest BCUT2D eigenvalue weighted by atomic mass is 19.1. The fourth-order valence-corrected chi connectivity index (χ4v) is 3.43. The molecule has 1 amide bonds. The molecule has 1 atom stereocenters. The highest BCUT2D eigenvalue weighted by Crippen LogP contribution is 2.32. The van der Waals surface area contributed by atoms with Gasteiger partial charge in [0.15, 0.2) is 0 Å². The molecular weight excluding hydrogens is 345 g/mol. The van der Waals surface area contributed by atoms with E-state index in [9.17, 15) is 9.18 Å². The summed E-state index contributed by atoms with van der Waals surface area (Å²) in [6, 6.07) is 6.24. The number of carbonyl (C=O) groups excluding carboxylic acids is 1. The van der Waals surface area contributed by atoms with E-state index in [0.717, 1.165) is 29.8 Å². The van der Waals surface area contributed by atoms with E-state index in [1.54, 1.807) is 35.6 Å². The summed E-state index contributed by atoms with van der Waals surface area (Å²) < 4.78 is 13.3. The lowest BCUT2D eigenvalue weighted by Gasteiger charge is -2.32. The van der Waals surface area contributed by atoms with Crippen LogP contribution in [0, 0.1) is 5.82 Å². The molecular formula is C20H18FN5O. The van der Waals surface area contributed by atoms with E-state index in [0.29, 0.717) is 18.8 Å². The molecule has 0 radical (unpaired) electrons. The summed E-state index contributed by atoms with van der Waals surface area (Å²) in [6.45, 7) is 1.22. The van der Waals surface area contributed by atoms with Gasteiger partial charge in [0.2, 0.25) is 0 Å². The van der Waals surface area contributed by atoms with Crippen LogP contribution in [-0.4, -0.2) is 43.8 Å². The maximum absolute atomic E-state index is 13.3. The number of halogens is 1. The van der Waals surface area contributed by atoms with Crippen molar-refractivity contribution in [2.24, 2.45) is 0 Å². The molecule has 0 unspecified atom stereocenters. The van der Waals surface area contributed by atoms with Crippen LogP contribution in [-0.2, 0) is 0 Å². The molecule has 3 aromatic rings. The predicted octanol–water partition coefficient (Wildman–Crippen LogP) is 3.09. The maximum Gasteiger partial charge on any atom is 0.274 e. The summed E-state index contributed by atoms with van der Waals surface area (Å²) in [5, 5.41) is 0. The van der Waals surface area contributed by atoms with Crippen LogP contribution in [0.2, 0.25) is 0 Å². The summed E-state index contributed by atoms with van der Waals surface area (Å²) in [5.74, 6) is -0.351. The van der Waals surface area contributed by atoms with Crippen molar-refractivity contribution in [1.29, 1.82) is 0 Å². The number of nitrogens with zero attached hydrogens (tertiary/aromatic N) is 5. The summed E-state index contributed by atoms with van der Waals surface area (Å²) in [6.07, 6.45) is 9.62. The van der Waals surface area contributed by atoms with Crippen LogP contribution in [0.15, 0.2) is 55.2 Å². The largest absolute Gasteiger partial charge is 0.337 e. The lowest BCUT2D eigenvalue weighted by atomic mass is 9.91.